The van der Waals surface area contributed by atoms with Gasteiger partial charge in [-0.3, -0.25) is 19.6 Å². The molecule has 0 bridgehead atoms. The number of nitrogens with two attached hydrogens (primary N) is 1. The molecule has 0 spiro atoms. The number of aryl methyl sites for hydroxylation is 1. The van der Waals surface area contributed by atoms with Gasteiger partial charge in [-0.25, -0.2) is 0 Å². The van der Waals surface area contributed by atoms with Crippen LogP contribution in [0.25, 0.3) is 11.1 Å². The Hall–Kier alpha value is -6.18. The highest BCUT2D eigenvalue weighted by Crippen LogP contribution is 2.37. The number of nitrogens with zero attached hydrogens (tertiary/aromatic N) is 2. The Morgan fingerprint density at radius 2 is 1.12 bits per heavy atom. The normalized spacial score (nSPS) is 11.1. The molecule has 0 radical (unpaired) electrons. The second-order valence-electron chi connectivity index (χ2n) is 16.1. The smallest absolute Gasteiger partial charge is 0.303 e. The first-order valence-electron chi connectivity index (χ1n) is 22.0. The van der Waals surface area contributed by atoms with Crippen molar-refractivity contribution >= 4 is 35.1 Å². The molecule has 2 heterocycles. The maximum absolute atomic E-state index is 11.8. The Bertz CT molecular complexity index is 2620. The van der Waals surface area contributed by atoms with Gasteiger partial charge < -0.3 is 40.4 Å². The number of carboxylic acids is 1. The number of hydrogen-bond acceptors (Lipinski definition) is 10. The molecule has 0 aliphatic rings. The van der Waals surface area contributed by atoms with Crippen molar-refractivity contribution in [2.24, 2.45) is 5.73 Å². The average molecular weight is 935 g/mol. The first-order chi connectivity index (χ1) is 31.9. The summed E-state index contributed by atoms with van der Waals surface area (Å²) < 4.78 is 25.4. The molecule has 0 unspecified atom stereocenters. The Morgan fingerprint density at radius 1 is 0.621 bits per heavy atom. The van der Waals surface area contributed by atoms with Crippen molar-refractivity contribution in [1.29, 1.82) is 0 Å². The highest BCUT2D eigenvalue weighted by molar-refractivity contribution is 6.32. The van der Waals surface area contributed by atoms with Crippen LogP contribution in [0.4, 0.5) is 0 Å². The largest absolute Gasteiger partial charge is 0.488 e. The van der Waals surface area contributed by atoms with E-state index in [1.165, 1.54) is 6.20 Å². The van der Waals surface area contributed by atoms with Crippen LogP contribution in [0.2, 0.25) is 10.0 Å². The maximum Gasteiger partial charge on any atom is 0.303 e. The summed E-state index contributed by atoms with van der Waals surface area (Å²) in [6.45, 7) is 11.7. The highest BCUT2D eigenvalue weighted by Gasteiger charge is 2.17. The van der Waals surface area contributed by atoms with E-state index in [4.69, 9.17) is 53.0 Å². The summed E-state index contributed by atoms with van der Waals surface area (Å²) in [5.74, 6) is 0.779. The first kappa shape index (κ1) is 49.3. The van der Waals surface area contributed by atoms with Crippen LogP contribution in [0.5, 0.6) is 23.0 Å². The summed E-state index contributed by atoms with van der Waals surface area (Å²) in [5.41, 5.74) is 16.4. The molecule has 66 heavy (non-hydrogen) atoms. The van der Waals surface area contributed by atoms with Crippen LogP contribution in [0.15, 0.2) is 97.6 Å². The number of amides is 1. The molecule has 0 saturated heterocycles. The van der Waals surface area contributed by atoms with Crippen molar-refractivity contribution in [3.63, 3.8) is 0 Å². The fraction of sp³-hybridized carbons (Fsp3) is 0.308. The van der Waals surface area contributed by atoms with E-state index in [0.29, 0.717) is 76.8 Å². The third-order valence-electron chi connectivity index (χ3n) is 11.1. The van der Waals surface area contributed by atoms with E-state index in [2.05, 4.69) is 53.5 Å². The molecule has 0 fully saturated rings. The molecule has 0 saturated carbocycles. The molecule has 4 aromatic carbocycles. The molecular weight excluding hydrogens is 878 g/mol. The fourth-order valence-corrected chi connectivity index (χ4v) is 7.81. The lowest BCUT2D eigenvalue weighted by atomic mass is 9.92. The van der Waals surface area contributed by atoms with Gasteiger partial charge in [0.2, 0.25) is 5.91 Å². The molecule has 0 aliphatic carbocycles. The number of ether oxygens (including phenoxy) is 4. The average Bonchev–Trinajstić information content (AvgIpc) is 3.29. The van der Waals surface area contributed by atoms with Crippen LogP contribution in [0, 0.1) is 20.8 Å². The summed E-state index contributed by atoms with van der Waals surface area (Å²) in [6, 6.07) is 23.4. The molecule has 2 aromatic heterocycles. The van der Waals surface area contributed by atoms with Gasteiger partial charge in [0, 0.05) is 78.7 Å². The Labute approximate surface area is 396 Å². The van der Waals surface area contributed by atoms with E-state index in [1.807, 2.05) is 61.5 Å². The Morgan fingerprint density at radius 3 is 1.62 bits per heavy atom. The number of carbonyl (C=O) groups is 2. The zero-order chi connectivity index (χ0) is 47.0. The number of aliphatic carboxylic acids is 1. The summed E-state index contributed by atoms with van der Waals surface area (Å²) in [6.07, 6.45) is 9.34. The number of carbonyl (C=O) groups excluding carboxylic acids is 1. The molecular formula is C52H57Cl2N5O7. The number of carboxylic acid groups (broad SMARTS) is 1. The summed E-state index contributed by atoms with van der Waals surface area (Å²) >= 11 is 13.7. The van der Waals surface area contributed by atoms with Gasteiger partial charge in [0.05, 0.1) is 15.6 Å². The number of halogens is 2. The maximum atomic E-state index is 11.8. The van der Waals surface area contributed by atoms with E-state index in [9.17, 15) is 9.59 Å². The Kier molecular flexibility index (Phi) is 18.2. The van der Waals surface area contributed by atoms with Gasteiger partial charge in [0.25, 0.3) is 0 Å². The summed E-state index contributed by atoms with van der Waals surface area (Å²) in [4.78, 5) is 31.2. The van der Waals surface area contributed by atoms with E-state index in [-0.39, 0.29) is 26.2 Å². The summed E-state index contributed by atoms with van der Waals surface area (Å²) in [7, 11) is 0. The lowest BCUT2D eigenvalue weighted by molar-refractivity contribution is -0.137. The minimum atomic E-state index is -0.828. The van der Waals surface area contributed by atoms with Crippen LogP contribution in [0.1, 0.15) is 93.0 Å². The number of rotatable bonds is 25. The number of primary amides is 1. The van der Waals surface area contributed by atoms with Crippen molar-refractivity contribution in [2.45, 2.75) is 92.9 Å². The predicted molar refractivity (Wildman–Crippen MR) is 259 cm³/mol. The van der Waals surface area contributed by atoms with Gasteiger partial charge in [-0.05, 0) is 110 Å². The molecule has 5 N–H and O–H groups in total. The third kappa shape index (κ3) is 13.9. The lowest BCUT2D eigenvalue weighted by Gasteiger charge is -2.19. The van der Waals surface area contributed by atoms with Crippen molar-refractivity contribution in [2.75, 3.05) is 13.1 Å². The van der Waals surface area contributed by atoms with E-state index in [1.54, 1.807) is 24.7 Å². The van der Waals surface area contributed by atoms with Crippen LogP contribution in [-0.4, -0.2) is 40.0 Å². The van der Waals surface area contributed by atoms with E-state index < -0.39 is 11.9 Å². The van der Waals surface area contributed by atoms with Gasteiger partial charge in [-0.2, -0.15) is 0 Å². The number of aromatic nitrogens is 2. The Balaban J connectivity index is 1.17. The van der Waals surface area contributed by atoms with E-state index in [0.717, 1.165) is 75.0 Å². The van der Waals surface area contributed by atoms with Crippen molar-refractivity contribution in [3.05, 3.63) is 163 Å². The first-order valence-corrected chi connectivity index (χ1v) is 22.8. The van der Waals surface area contributed by atoms with Gasteiger partial charge in [0.15, 0.2) is 0 Å². The zero-order valence-corrected chi connectivity index (χ0v) is 39.4. The quantitative estimate of drug-likeness (QED) is 0.0403. The van der Waals surface area contributed by atoms with Crippen LogP contribution in [0.3, 0.4) is 0 Å². The standard InChI is InChI=1S/C52H57Cl2N5O7/c1-5-6-15-56-26-40-19-45(53)50(22-48(40)64-30-37-18-42(52(55)62)28-59-25-37)66-32-39-11-8-13-44(35(39)4)43-12-7-10-38(34(43)3)31-65-49-21-47(63-29-36-17-33(2)23-58-24-36)41(20-46(49)54)27-57-16-9-14-51(60)61/h7-8,10-13,17-25,28,56-57H,5-6,9,14-16,26-27,29-32H2,1-4H3,(H2,55,62)(H,60,61). The second-order valence-corrected chi connectivity index (χ2v) is 17.0. The fourth-order valence-electron chi connectivity index (χ4n) is 7.32. The van der Waals surface area contributed by atoms with Crippen molar-refractivity contribution < 1.29 is 33.6 Å². The van der Waals surface area contributed by atoms with Crippen LogP contribution in [-0.2, 0) is 44.3 Å². The molecule has 6 aromatic rings. The van der Waals surface area contributed by atoms with Gasteiger partial charge >= 0.3 is 5.97 Å². The number of pyridine rings is 2. The van der Waals surface area contributed by atoms with Crippen molar-refractivity contribution in [3.8, 4) is 34.1 Å². The van der Waals surface area contributed by atoms with Crippen molar-refractivity contribution in [1.82, 2.24) is 20.6 Å². The van der Waals surface area contributed by atoms with Gasteiger partial charge in [-0.1, -0.05) is 72.9 Å². The molecule has 12 nitrogen and oxygen atoms in total. The van der Waals surface area contributed by atoms with Gasteiger partial charge in [0.1, 0.15) is 49.4 Å². The van der Waals surface area contributed by atoms with Gasteiger partial charge in [-0.15, -0.1) is 0 Å². The number of hydrogen-bond donors (Lipinski definition) is 4. The lowest BCUT2D eigenvalue weighted by Crippen LogP contribution is -2.16. The summed E-state index contributed by atoms with van der Waals surface area (Å²) in [5, 5.41) is 16.7. The monoisotopic (exact) mass is 933 g/mol. The molecule has 0 atom stereocenters. The predicted octanol–water partition coefficient (Wildman–Crippen LogP) is 10.6. The third-order valence-corrected chi connectivity index (χ3v) is 11.7. The minimum absolute atomic E-state index is 0.0860. The van der Waals surface area contributed by atoms with Crippen LogP contribution >= 0.6 is 23.2 Å². The molecule has 6 rings (SSSR count). The van der Waals surface area contributed by atoms with E-state index >= 15 is 0 Å². The number of unbranched alkanes of at least 4 members (excludes halogenated alkanes) is 1. The number of nitrogens with one attached hydrogen (secondary N) is 2. The molecule has 14 heteroatoms. The highest BCUT2D eigenvalue weighted by atomic mass is 35.5. The topological polar surface area (TPSA) is 167 Å². The second kappa shape index (κ2) is 24.4. The molecule has 1 amide bonds. The van der Waals surface area contributed by atoms with Crippen LogP contribution < -0.4 is 35.3 Å². The zero-order valence-electron chi connectivity index (χ0n) is 37.8. The number of benzene rings is 4. The molecule has 0 aliphatic heterocycles. The minimum Gasteiger partial charge on any atom is -0.488 e. The molecule has 346 valence electrons. The SMILES string of the molecule is CCCCNCc1cc(Cl)c(OCc2cccc(-c3cccc(COc4cc(OCc5cncc(C)c5)c(CNCCCC(=O)O)cc4Cl)c3C)c2C)cc1OCc1cncc(C(N)=O)c1.